The second kappa shape index (κ2) is 6.32. The highest BCUT2D eigenvalue weighted by Crippen LogP contribution is 2.29. The van der Waals surface area contributed by atoms with Crippen molar-refractivity contribution in [2.45, 2.75) is 32.4 Å². The third kappa shape index (κ3) is 3.17. The van der Waals surface area contributed by atoms with E-state index in [1.807, 2.05) is 22.6 Å². The highest BCUT2D eigenvalue weighted by Gasteiger charge is 2.30. The molecular formula is C17H21N5O2. The number of aryl methyl sites for hydroxylation is 1. The van der Waals surface area contributed by atoms with Gasteiger partial charge in [0.15, 0.2) is 0 Å². The summed E-state index contributed by atoms with van der Waals surface area (Å²) in [6.07, 6.45) is 7.49. The number of rotatable bonds is 5. The lowest BCUT2D eigenvalue weighted by Crippen LogP contribution is -2.43. The van der Waals surface area contributed by atoms with Crippen molar-refractivity contribution in [2.24, 2.45) is 5.92 Å². The van der Waals surface area contributed by atoms with Crippen molar-refractivity contribution in [2.75, 3.05) is 19.8 Å². The Balaban J connectivity index is 1.48. The van der Waals surface area contributed by atoms with Crippen LogP contribution in [-0.2, 0) is 11.3 Å². The third-order valence-corrected chi connectivity index (χ3v) is 4.53. The molecule has 126 valence electrons. The highest BCUT2D eigenvalue weighted by atomic mass is 16.5. The number of fused-ring (bicyclic) bond motifs is 1. The second-order valence-corrected chi connectivity index (χ2v) is 6.63. The fraction of sp³-hybridized carbons (Fsp3) is 0.529. The molecule has 1 aliphatic carbocycles. The second-order valence-electron chi connectivity index (χ2n) is 6.63. The average Bonchev–Trinajstić information content (AvgIpc) is 3.29. The zero-order valence-electron chi connectivity index (χ0n) is 13.8. The fourth-order valence-corrected chi connectivity index (χ4v) is 2.99. The Bertz CT molecular complexity index is 723. The number of amides is 1. The summed E-state index contributed by atoms with van der Waals surface area (Å²) in [5.74, 6) is 0.633. The van der Waals surface area contributed by atoms with Gasteiger partial charge in [0.1, 0.15) is 5.69 Å². The molecule has 7 heteroatoms. The standard InChI is InChI=1S/C17H21N5O2/c1-12-6-19-16(7-18-12)17(23)21-8-14-4-5-20-22(14)15(9-21)11-24-10-13-2-3-13/h4-7,13,15H,2-3,8-11H2,1H3. The van der Waals surface area contributed by atoms with Crippen molar-refractivity contribution < 1.29 is 9.53 Å². The fourth-order valence-electron chi connectivity index (χ4n) is 2.99. The summed E-state index contributed by atoms with van der Waals surface area (Å²) in [4.78, 5) is 22.9. The normalized spacial score (nSPS) is 20.0. The van der Waals surface area contributed by atoms with Gasteiger partial charge in [-0.05, 0) is 31.7 Å². The predicted molar refractivity (Wildman–Crippen MR) is 86.3 cm³/mol. The Labute approximate surface area is 140 Å². The lowest BCUT2D eigenvalue weighted by Gasteiger charge is -2.33. The van der Waals surface area contributed by atoms with Crippen LogP contribution in [0.1, 0.15) is 40.8 Å². The molecule has 2 aromatic heterocycles. The molecule has 0 saturated heterocycles. The van der Waals surface area contributed by atoms with E-state index in [9.17, 15) is 4.79 Å². The SMILES string of the molecule is Cc1cnc(C(=O)N2Cc3ccnn3C(COCC3CC3)C2)cn1. The molecule has 1 amide bonds. The molecule has 24 heavy (non-hydrogen) atoms. The molecule has 3 heterocycles. The minimum Gasteiger partial charge on any atom is -0.379 e. The molecule has 0 N–H and O–H groups in total. The van der Waals surface area contributed by atoms with Crippen LogP contribution in [0.3, 0.4) is 0 Å². The summed E-state index contributed by atoms with van der Waals surface area (Å²) < 4.78 is 7.83. The zero-order chi connectivity index (χ0) is 16.5. The maximum Gasteiger partial charge on any atom is 0.274 e. The molecule has 4 rings (SSSR count). The van der Waals surface area contributed by atoms with Crippen molar-refractivity contribution in [1.29, 1.82) is 0 Å². The van der Waals surface area contributed by atoms with E-state index in [1.54, 1.807) is 18.6 Å². The van der Waals surface area contributed by atoms with Crippen LogP contribution >= 0.6 is 0 Å². The molecule has 0 radical (unpaired) electrons. The molecule has 1 unspecified atom stereocenters. The molecule has 1 atom stereocenters. The van der Waals surface area contributed by atoms with Gasteiger partial charge in [-0.1, -0.05) is 0 Å². The van der Waals surface area contributed by atoms with Crippen molar-refractivity contribution >= 4 is 5.91 Å². The first-order valence-electron chi connectivity index (χ1n) is 8.39. The van der Waals surface area contributed by atoms with Crippen LogP contribution in [-0.4, -0.2) is 50.3 Å². The molecule has 0 aromatic carbocycles. The van der Waals surface area contributed by atoms with Gasteiger partial charge in [0.25, 0.3) is 5.91 Å². The molecule has 1 saturated carbocycles. The Morgan fingerprint density at radius 2 is 2.17 bits per heavy atom. The average molecular weight is 327 g/mol. The monoisotopic (exact) mass is 327 g/mol. The van der Waals surface area contributed by atoms with Gasteiger partial charge in [0.2, 0.25) is 0 Å². The smallest absolute Gasteiger partial charge is 0.274 e. The molecule has 0 bridgehead atoms. The van der Waals surface area contributed by atoms with Crippen molar-refractivity contribution in [3.63, 3.8) is 0 Å². The Morgan fingerprint density at radius 3 is 2.92 bits per heavy atom. The van der Waals surface area contributed by atoms with E-state index < -0.39 is 0 Å². The number of hydrogen-bond donors (Lipinski definition) is 0. The first-order chi connectivity index (χ1) is 11.7. The quantitative estimate of drug-likeness (QED) is 0.834. The van der Waals surface area contributed by atoms with E-state index >= 15 is 0 Å². The van der Waals surface area contributed by atoms with Crippen molar-refractivity contribution in [3.05, 3.63) is 41.7 Å². The summed E-state index contributed by atoms with van der Waals surface area (Å²) in [7, 11) is 0. The van der Waals surface area contributed by atoms with Gasteiger partial charge >= 0.3 is 0 Å². The maximum atomic E-state index is 12.7. The molecule has 0 spiro atoms. The van der Waals surface area contributed by atoms with Gasteiger partial charge in [-0.15, -0.1) is 0 Å². The summed E-state index contributed by atoms with van der Waals surface area (Å²) in [5.41, 5.74) is 2.20. The molecule has 2 aliphatic rings. The van der Waals surface area contributed by atoms with E-state index in [4.69, 9.17) is 4.74 Å². The van der Waals surface area contributed by atoms with Crippen LogP contribution in [0.2, 0.25) is 0 Å². The zero-order valence-corrected chi connectivity index (χ0v) is 13.8. The van der Waals surface area contributed by atoms with Gasteiger partial charge in [-0.3, -0.25) is 14.5 Å². The van der Waals surface area contributed by atoms with Crippen LogP contribution in [0.5, 0.6) is 0 Å². The van der Waals surface area contributed by atoms with Crippen LogP contribution in [0.4, 0.5) is 0 Å². The van der Waals surface area contributed by atoms with Gasteiger partial charge in [0.05, 0.1) is 36.8 Å². The lowest BCUT2D eigenvalue weighted by molar-refractivity contribution is 0.0463. The number of ether oxygens (including phenoxy) is 1. The lowest BCUT2D eigenvalue weighted by atomic mass is 10.2. The predicted octanol–water partition coefficient (Wildman–Crippen LogP) is 1.61. The van der Waals surface area contributed by atoms with Gasteiger partial charge in [-0.25, -0.2) is 4.98 Å². The van der Waals surface area contributed by atoms with Crippen LogP contribution in [0, 0.1) is 12.8 Å². The van der Waals surface area contributed by atoms with Crippen LogP contribution < -0.4 is 0 Å². The minimum absolute atomic E-state index is 0.0462. The Kier molecular flexibility index (Phi) is 4.02. The van der Waals surface area contributed by atoms with E-state index in [2.05, 4.69) is 15.1 Å². The van der Waals surface area contributed by atoms with E-state index in [0.29, 0.717) is 25.4 Å². The van der Waals surface area contributed by atoms with Gasteiger partial charge in [0, 0.05) is 25.5 Å². The topological polar surface area (TPSA) is 73.1 Å². The summed E-state index contributed by atoms with van der Waals surface area (Å²) in [5, 5.41) is 4.40. The molecule has 2 aromatic rings. The molecule has 1 aliphatic heterocycles. The number of carbonyl (C=O) groups excluding carboxylic acids is 1. The van der Waals surface area contributed by atoms with Crippen LogP contribution in [0.25, 0.3) is 0 Å². The van der Waals surface area contributed by atoms with Crippen molar-refractivity contribution in [1.82, 2.24) is 24.6 Å². The Hall–Kier alpha value is -2.28. The third-order valence-electron chi connectivity index (χ3n) is 4.53. The van der Waals surface area contributed by atoms with E-state index in [1.165, 1.54) is 12.8 Å². The minimum atomic E-state index is -0.0952. The first kappa shape index (κ1) is 15.3. The first-order valence-corrected chi connectivity index (χ1v) is 8.39. The van der Waals surface area contributed by atoms with Gasteiger partial charge in [-0.2, -0.15) is 5.10 Å². The van der Waals surface area contributed by atoms with E-state index in [-0.39, 0.29) is 11.9 Å². The number of nitrogens with zero attached hydrogens (tertiary/aromatic N) is 5. The molecular weight excluding hydrogens is 306 g/mol. The van der Waals surface area contributed by atoms with Crippen molar-refractivity contribution in [3.8, 4) is 0 Å². The summed E-state index contributed by atoms with van der Waals surface area (Å²) in [6, 6.07) is 2.00. The molecule has 1 fully saturated rings. The van der Waals surface area contributed by atoms with E-state index in [0.717, 1.165) is 23.9 Å². The maximum absolute atomic E-state index is 12.7. The Morgan fingerprint density at radius 1 is 1.29 bits per heavy atom. The number of carbonyl (C=O) groups is 1. The van der Waals surface area contributed by atoms with Crippen LogP contribution in [0.15, 0.2) is 24.7 Å². The van der Waals surface area contributed by atoms with Gasteiger partial charge < -0.3 is 9.64 Å². The summed E-state index contributed by atoms with van der Waals surface area (Å²) >= 11 is 0. The number of hydrogen-bond acceptors (Lipinski definition) is 5. The highest BCUT2D eigenvalue weighted by molar-refractivity contribution is 5.92. The summed E-state index contributed by atoms with van der Waals surface area (Å²) in [6.45, 7) is 4.36. The molecule has 7 nitrogen and oxygen atoms in total. The number of aromatic nitrogens is 4. The largest absolute Gasteiger partial charge is 0.379 e.